The minimum atomic E-state index is -1.12. The summed E-state index contributed by atoms with van der Waals surface area (Å²) >= 11 is 0. The minimum Gasteiger partial charge on any atom is -0.491 e. The van der Waals surface area contributed by atoms with Crippen molar-refractivity contribution in [2.45, 2.75) is 118 Å². The fourth-order valence-electron chi connectivity index (χ4n) is 6.36. The number of carbonyl (C=O) groups is 3. The number of aliphatic hydroxyl groups excluding tert-OH is 1. The Labute approximate surface area is 303 Å². The van der Waals surface area contributed by atoms with Crippen LogP contribution in [0.1, 0.15) is 97.3 Å². The first kappa shape index (κ1) is 41.7. The number of anilines is 1. The van der Waals surface area contributed by atoms with Gasteiger partial charge < -0.3 is 35.3 Å². The van der Waals surface area contributed by atoms with Crippen molar-refractivity contribution >= 4 is 23.6 Å². The molecule has 0 radical (unpaired) electrons. The molecule has 0 aromatic heterocycles. The number of ether oxygens (including phenoxy) is 3. The minimum absolute atomic E-state index is 0.0237. The van der Waals surface area contributed by atoms with Crippen LogP contribution in [-0.4, -0.2) is 61.1 Å². The Hall–Kier alpha value is -3.70. The first-order valence-electron chi connectivity index (χ1n) is 18.3. The highest BCUT2D eigenvalue weighted by Gasteiger charge is 2.34. The molecule has 10 nitrogen and oxygen atoms in total. The molecule has 0 bridgehead atoms. The summed E-state index contributed by atoms with van der Waals surface area (Å²) in [7, 11) is 1.65. The van der Waals surface area contributed by atoms with Crippen molar-refractivity contribution in [1.82, 2.24) is 10.6 Å². The number of rotatable bonds is 19. The Morgan fingerprint density at radius 1 is 0.941 bits per heavy atom. The summed E-state index contributed by atoms with van der Waals surface area (Å²) in [6.45, 7) is 14.3. The van der Waals surface area contributed by atoms with Gasteiger partial charge in [-0.05, 0) is 112 Å². The maximum atomic E-state index is 13.6. The fraction of sp³-hybridized carbons (Fsp3) is 0.625. The molecule has 3 amide bonds. The second kappa shape index (κ2) is 19.8. The lowest BCUT2D eigenvalue weighted by molar-refractivity contribution is -0.127. The number of aryl methyl sites for hydroxylation is 2. The summed E-state index contributed by atoms with van der Waals surface area (Å²) < 4.78 is 30.1. The van der Waals surface area contributed by atoms with E-state index in [9.17, 15) is 23.9 Å². The summed E-state index contributed by atoms with van der Waals surface area (Å²) in [5, 5.41) is 20.5. The van der Waals surface area contributed by atoms with Crippen LogP contribution in [0.5, 0.6) is 5.75 Å². The lowest BCUT2D eigenvalue weighted by Gasteiger charge is -2.33. The molecule has 0 saturated heterocycles. The number of methoxy groups -OCH3 is 1. The van der Waals surface area contributed by atoms with Crippen LogP contribution in [0.25, 0.3) is 0 Å². The van der Waals surface area contributed by atoms with E-state index in [-0.39, 0.29) is 61.2 Å². The van der Waals surface area contributed by atoms with Crippen LogP contribution >= 0.6 is 0 Å². The number of nitrogens with one attached hydrogen (secondary N) is 3. The van der Waals surface area contributed by atoms with Crippen molar-refractivity contribution < 1.29 is 38.1 Å². The Bertz CT molecular complexity index is 1420. The van der Waals surface area contributed by atoms with Crippen LogP contribution in [0.15, 0.2) is 36.4 Å². The average Bonchev–Trinajstić information content (AvgIpc) is 3.50. The zero-order valence-electron chi connectivity index (χ0n) is 31.8. The molecular formula is C40H60FN3O7. The fourth-order valence-corrected chi connectivity index (χ4v) is 6.36. The highest BCUT2D eigenvalue weighted by molar-refractivity contribution is 5.92. The molecule has 4 N–H and O–H groups in total. The maximum Gasteiger partial charge on any atom is 0.407 e. The van der Waals surface area contributed by atoms with Crippen molar-refractivity contribution in [1.29, 1.82) is 0 Å². The Morgan fingerprint density at radius 3 is 2.22 bits per heavy atom. The van der Waals surface area contributed by atoms with E-state index >= 15 is 0 Å². The van der Waals surface area contributed by atoms with E-state index in [4.69, 9.17) is 14.2 Å². The molecule has 2 aromatic rings. The number of amides is 3. The lowest BCUT2D eigenvalue weighted by atomic mass is 9.81. The number of hydrogen-bond acceptors (Lipinski definition) is 7. The van der Waals surface area contributed by atoms with Gasteiger partial charge in [0.25, 0.3) is 0 Å². The second-order valence-electron chi connectivity index (χ2n) is 15.4. The van der Waals surface area contributed by atoms with Gasteiger partial charge in [-0.1, -0.05) is 39.8 Å². The van der Waals surface area contributed by atoms with Crippen LogP contribution in [-0.2, 0) is 38.4 Å². The first-order chi connectivity index (χ1) is 24.1. The number of alkyl carbamates (subject to hydrolysis) is 1. The molecule has 1 aliphatic carbocycles. The highest BCUT2D eigenvalue weighted by Crippen LogP contribution is 2.34. The molecule has 4 atom stereocenters. The topological polar surface area (TPSA) is 135 Å². The van der Waals surface area contributed by atoms with Crippen molar-refractivity contribution in [2.75, 3.05) is 25.6 Å². The molecule has 0 unspecified atom stereocenters. The van der Waals surface area contributed by atoms with E-state index in [1.165, 1.54) is 23.3 Å². The highest BCUT2D eigenvalue weighted by atomic mass is 19.1. The molecule has 3 rings (SSSR count). The van der Waals surface area contributed by atoms with E-state index in [0.717, 1.165) is 31.2 Å². The summed E-state index contributed by atoms with van der Waals surface area (Å²) in [6, 6.07) is 9.14. The van der Waals surface area contributed by atoms with E-state index < -0.39 is 29.8 Å². The van der Waals surface area contributed by atoms with E-state index in [1.54, 1.807) is 40.0 Å². The predicted molar refractivity (Wildman–Crippen MR) is 197 cm³/mol. The number of benzene rings is 2. The standard InChI is InChI=1S/C40H60FN3O7/c1-25(2)30(22-37(46)43-34-19-28-11-9-12-29(28)21-36(34)50-18-10-17-49-8)20-33(44-39(48)51-40(5,6)7)35(45)23-32(26(3)4)38(47)42-24-27-13-15-31(41)16-14-27/h13-16,19,21,25-26,30,32-33,35,45H,9-12,17-18,20,22-24H2,1-8H3,(H,42,47)(H,43,46)(H,44,48)/t30-,32+,33+,35+/m1/s1. The Kier molecular flexibility index (Phi) is 16.2. The Balaban J connectivity index is 1.76. The Morgan fingerprint density at radius 2 is 1.61 bits per heavy atom. The van der Waals surface area contributed by atoms with Crippen molar-refractivity contribution in [3.8, 4) is 5.75 Å². The number of halogens is 1. The zero-order valence-corrected chi connectivity index (χ0v) is 31.8. The summed E-state index contributed by atoms with van der Waals surface area (Å²) in [5.41, 5.74) is 3.07. The molecule has 0 heterocycles. The van der Waals surface area contributed by atoms with Gasteiger partial charge in [-0.2, -0.15) is 0 Å². The van der Waals surface area contributed by atoms with E-state index in [0.29, 0.717) is 24.7 Å². The molecule has 11 heteroatoms. The maximum absolute atomic E-state index is 13.6. The van der Waals surface area contributed by atoms with Crippen LogP contribution in [0.2, 0.25) is 0 Å². The number of carbonyl (C=O) groups excluding carboxylic acids is 3. The second-order valence-corrected chi connectivity index (χ2v) is 15.4. The third-order valence-electron chi connectivity index (χ3n) is 9.35. The zero-order chi connectivity index (χ0) is 37.7. The number of fused-ring (bicyclic) bond motifs is 1. The van der Waals surface area contributed by atoms with Gasteiger partial charge in [0.2, 0.25) is 11.8 Å². The van der Waals surface area contributed by atoms with Gasteiger partial charge in [0.15, 0.2) is 0 Å². The molecule has 1 aliphatic rings. The van der Waals surface area contributed by atoms with Crippen LogP contribution in [0, 0.1) is 29.5 Å². The van der Waals surface area contributed by atoms with Gasteiger partial charge in [-0.3, -0.25) is 9.59 Å². The largest absolute Gasteiger partial charge is 0.491 e. The number of hydrogen-bond donors (Lipinski definition) is 4. The molecule has 0 saturated carbocycles. The molecule has 0 spiro atoms. The third kappa shape index (κ3) is 14.1. The van der Waals surface area contributed by atoms with E-state index in [1.807, 2.05) is 39.8 Å². The lowest BCUT2D eigenvalue weighted by Crippen LogP contribution is -2.48. The van der Waals surface area contributed by atoms with Gasteiger partial charge in [-0.25, -0.2) is 9.18 Å². The molecule has 284 valence electrons. The summed E-state index contributed by atoms with van der Waals surface area (Å²) in [6.07, 6.45) is 2.41. The molecule has 0 fully saturated rings. The van der Waals surface area contributed by atoms with Crippen molar-refractivity contribution in [2.24, 2.45) is 23.7 Å². The van der Waals surface area contributed by atoms with Crippen molar-refractivity contribution in [3.05, 3.63) is 58.9 Å². The molecule has 51 heavy (non-hydrogen) atoms. The van der Waals surface area contributed by atoms with Crippen LogP contribution in [0.3, 0.4) is 0 Å². The van der Waals surface area contributed by atoms with Gasteiger partial charge >= 0.3 is 6.09 Å². The predicted octanol–water partition coefficient (Wildman–Crippen LogP) is 6.95. The quantitative estimate of drug-likeness (QED) is 0.116. The third-order valence-corrected chi connectivity index (χ3v) is 9.35. The average molecular weight is 714 g/mol. The molecule has 2 aromatic carbocycles. The van der Waals surface area contributed by atoms with Gasteiger partial charge in [0, 0.05) is 39.0 Å². The van der Waals surface area contributed by atoms with Gasteiger partial charge in [0.05, 0.1) is 24.4 Å². The normalized spacial score (nSPS) is 15.1. The monoisotopic (exact) mass is 713 g/mol. The smallest absolute Gasteiger partial charge is 0.407 e. The summed E-state index contributed by atoms with van der Waals surface area (Å²) in [4.78, 5) is 40.0. The summed E-state index contributed by atoms with van der Waals surface area (Å²) in [5.74, 6) is -1.08. The number of aliphatic hydroxyl groups is 1. The van der Waals surface area contributed by atoms with Crippen LogP contribution < -0.4 is 20.7 Å². The molecule has 0 aliphatic heterocycles. The molecular weight excluding hydrogens is 653 g/mol. The SMILES string of the molecule is COCCCOc1cc2c(cc1NC(=O)C[C@@H](C[C@H](NC(=O)OC(C)(C)C)[C@@H](O)C[C@H](C(=O)NCc1ccc(F)cc1)C(C)C)C(C)C)CCC2. The van der Waals surface area contributed by atoms with Crippen molar-refractivity contribution in [3.63, 3.8) is 0 Å². The van der Waals surface area contributed by atoms with Gasteiger partial charge in [0.1, 0.15) is 17.2 Å². The van der Waals surface area contributed by atoms with E-state index in [2.05, 4.69) is 16.0 Å². The van der Waals surface area contributed by atoms with Gasteiger partial charge in [-0.15, -0.1) is 0 Å². The first-order valence-corrected chi connectivity index (χ1v) is 18.3. The van der Waals surface area contributed by atoms with Crippen LogP contribution in [0.4, 0.5) is 14.9 Å².